The van der Waals surface area contributed by atoms with Crippen LogP contribution >= 0.6 is 0 Å². The van der Waals surface area contributed by atoms with Crippen molar-refractivity contribution in [1.29, 1.82) is 5.26 Å². The SMILES string of the molecule is N#Cc1nn(-c2ccc(C(F)(F)F)cc2)cc1Cn1ccc(F)c1. The van der Waals surface area contributed by atoms with Crippen molar-refractivity contribution < 1.29 is 17.6 Å². The minimum Gasteiger partial charge on any atom is -0.347 e. The van der Waals surface area contributed by atoms with Gasteiger partial charge in [-0.15, -0.1) is 0 Å². The van der Waals surface area contributed by atoms with E-state index in [0.717, 1.165) is 12.1 Å². The van der Waals surface area contributed by atoms with E-state index in [9.17, 15) is 17.6 Å². The van der Waals surface area contributed by atoms with Gasteiger partial charge in [-0.05, 0) is 30.3 Å². The molecule has 0 spiro atoms. The molecule has 0 N–H and O–H groups in total. The molecule has 24 heavy (non-hydrogen) atoms. The number of hydrogen-bond acceptors (Lipinski definition) is 2. The molecular weight excluding hydrogens is 324 g/mol. The normalized spacial score (nSPS) is 11.5. The van der Waals surface area contributed by atoms with E-state index in [1.807, 2.05) is 6.07 Å². The zero-order valence-electron chi connectivity index (χ0n) is 12.1. The number of nitrogens with zero attached hydrogens (tertiary/aromatic N) is 4. The maximum absolute atomic E-state index is 13.0. The van der Waals surface area contributed by atoms with Crippen LogP contribution in [0.3, 0.4) is 0 Å². The molecule has 0 aliphatic heterocycles. The monoisotopic (exact) mass is 334 g/mol. The van der Waals surface area contributed by atoms with Crippen LogP contribution in [0.15, 0.2) is 48.9 Å². The van der Waals surface area contributed by atoms with Gasteiger partial charge in [0.15, 0.2) is 5.69 Å². The molecule has 3 rings (SSSR count). The predicted octanol–water partition coefficient (Wildman–Crippen LogP) is 3.75. The summed E-state index contributed by atoms with van der Waals surface area (Å²) in [5.74, 6) is -0.399. The molecule has 1 aromatic carbocycles. The van der Waals surface area contributed by atoms with Gasteiger partial charge in [-0.1, -0.05) is 0 Å². The lowest BCUT2D eigenvalue weighted by Gasteiger charge is -2.07. The summed E-state index contributed by atoms with van der Waals surface area (Å²) in [5.41, 5.74) is 0.295. The number of rotatable bonds is 3. The summed E-state index contributed by atoms with van der Waals surface area (Å²) in [6.07, 6.45) is -0.0776. The third kappa shape index (κ3) is 3.15. The standard InChI is InChI=1S/C16H10F4N4/c17-13-5-6-23(10-13)8-11-9-24(22-15(11)7-21)14-3-1-12(2-4-14)16(18,19)20/h1-6,9-10H,8H2. The van der Waals surface area contributed by atoms with Gasteiger partial charge in [-0.2, -0.15) is 23.5 Å². The van der Waals surface area contributed by atoms with E-state index < -0.39 is 17.6 Å². The molecule has 0 fully saturated rings. The van der Waals surface area contributed by atoms with Gasteiger partial charge in [0, 0.05) is 24.2 Å². The van der Waals surface area contributed by atoms with Crippen molar-refractivity contribution in [2.45, 2.75) is 12.7 Å². The zero-order valence-corrected chi connectivity index (χ0v) is 12.1. The predicted molar refractivity (Wildman–Crippen MR) is 76.8 cm³/mol. The topological polar surface area (TPSA) is 46.5 Å². The van der Waals surface area contributed by atoms with Gasteiger partial charge in [0.25, 0.3) is 0 Å². The maximum atomic E-state index is 13.0. The molecule has 0 aliphatic rings. The van der Waals surface area contributed by atoms with Crippen LogP contribution in [0.1, 0.15) is 16.8 Å². The first kappa shape index (κ1) is 15.8. The molecule has 0 radical (unpaired) electrons. The molecule has 8 heteroatoms. The highest BCUT2D eigenvalue weighted by Crippen LogP contribution is 2.29. The van der Waals surface area contributed by atoms with Gasteiger partial charge in [-0.3, -0.25) is 0 Å². The Morgan fingerprint density at radius 2 is 1.79 bits per heavy atom. The second-order valence-corrected chi connectivity index (χ2v) is 5.11. The molecule has 0 atom stereocenters. The number of aromatic nitrogens is 3. The summed E-state index contributed by atoms with van der Waals surface area (Å²) in [7, 11) is 0. The molecule has 0 aliphatic carbocycles. The molecule has 2 aromatic heterocycles. The Morgan fingerprint density at radius 3 is 2.33 bits per heavy atom. The van der Waals surface area contributed by atoms with Crippen LogP contribution in [0.5, 0.6) is 0 Å². The highest BCUT2D eigenvalue weighted by atomic mass is 19.4. The van der Waals surface area contributed by atoms with E-state index in [2.05, 4.69) is 5.10 Å². The summed E-state index contributed by atoms with van der Waals surface area (Å²) in [4.78, 5) is 0. The fourth-order valence-corrected chi connectivity index (χ4v) is 2.26. The Hall–Kier alpha value is -3.08. The third-order valence-corrected chi connectivity index (χ3v) is 3.42. The van der Waals surface area contributed by atoms with Crippen molar-refractivity contribution >= 4 is 0 Å². The Morgan fingerprint density at radius 1 is 1.08 bits per heavy atom. The second-order valence-electron chi connectivity index (χ2n) is 5.11. The molecule has 4 nitrogen and oxygen atoms in total. The smallest absolute Gasteiger partial charge is 0.347 e. The molecule has 0 bridgehead atoms. The fourth-order valence-electron chi connectivity index (χ4n) is 2.26. The number of nitriles is 1. The van der Waals surface area contributed by atoms with Crippen molar-refractivity contribution in [1.82, 2.24) is 14.3 Å². The molecule has 3 aromatic rings. The Kier molecular flexibility index (Phi) is 3.85. The van der Waals surface area contributed by atoms with Gasteiger partial charge in [-0.25, -0.2) is 9.07 Å². The van der Waals surface area contributed by atoms with Crippen LogP contribution in [0.4, 0.5) is 17.6 Å². The van der Waals surface area contributed by atoms with Crippen LogP contribution in [0, 0.1) is 17.1 Å². The van der Waals surface area contributed by atoms with E-state index >= 15 is 0 Å². The summed E-state index contributed by atoms with van der Waals surface area (Å²) < 4.78 is 53.7. The van der Waals surface area contributed by atoms with Crippen LogP contribution in [-0.4, -0.2) is 14.3 Å². The Labute approximate surface area is 134 Å². The zero-order chi connectivity index (χ0) is 17.3. The highest BCUT2D eigenvalue weighted by molar-refractivity contribution is 5.38. The third-order valence-electron chi connectivity index (χ3n) is 3.42. The molecular formula is C16H10F4N4. The van der Waals surface area contributed by atoms with E-state index in [1.165, 1.54) is 35.3 Å². The minimum absolute atomic E-state index is 0.129. The van der Waals surface area contributed by atoms with Gasteiger partial charge in [0.2, 0.25) is 0 Å². The number of alkyl halides is 3. The van der Waals surface area contributed by atoms with Crippen molar-refractivity contribution in [3.8, 4) is 11.8 Å². The average molecular weight is 334 g/mol. The van der Waals surface area contributed by atoms with Crippen molar-refractivity contribution in [2.75, 3.05) is 0 Å². The average Bonchev–Trinajstić information content (AvgIpc) is 3.13. The fraction of sp³-hybridized carbons (Fsp3) is 0.125. The number of hydrogen-bond donors (Lipinski definition) is 0. The summed E-state index contributed by atoms with van der Waals surface area (Å²) in [5, 5.41) is 13.2. The first-order chi connectivity index (χ1) is 11.4. The van der Waals surface area contributed by atoms with E-state index in [0.29, 0.717) is 11.3 Å². The lowest BCUT2D eigenvalue weighted by Crippen LogP contribution is -2.05. The van der Waals surface area contributed by atoms with Crippen LogP contribution < -0.4 is 0 Å². The first-order valence-electron chi connectivity index (χ1n) is 6.84. The second kappa shape index (κ2) is 5.85. The van der Waals surface area contributed by atoms with Crippen molar-refractivity contribution in [2.24, 2.45) is 0 Å². The van der Waals surface area contributed by atoms with Crippen LogP contribution in [0.25, 0.3) is 5.69 Å². The van der Waals surface area contributed by atoms with Gasteiger partial charge in [0.1, 0.15) is 11.9 Å². The Bertz CT molecular complexity index is 898. The number of halogens is 4. The largest absolute Gasteiger partial charge is 0.416 e. The van der Waals surface area contributed by atoms with Gasteiger partial charge in [0.05, 0.1) is 17.8 Å². The van der Waals surface area contributed by atoms with Gasteiger partial charge < -0.3 is 4.57 Å². The Balaban J connectivity index is 1.91. The summed E-state index contributed by atoms with van der Waals surface area (Å²) in [6, 6.07) is 7.66. The molecule has 0 amide bonds. The maximum Gasteiger partial charge on any atom is 0.416 e. The molecule has 0 saturated carbocycles. The summed E-state index contributed by atoms with van der Waals surface area (Å²) in [6.45, 7) is 0.230. The van der Waals surface area contributed by atoms with Crippen molar-refractivity contribution in [3.05, 3.63) is 71.6 Å². The lowest BCUT2D eigenvalue weighted by atomic mass is 10.2. The molecule has 0 unspecified atom stereocenters. The van der Waals surface area contributed by atoms with Gasteiger partial charge >= 0.3 is 6.18 Å². The molecule has 0 saturated heterocycles. The highest BCUT2D eigenvalue weighted by Gasteiger charge is 2.30. The van der Waals surface area contributed by atoms with E-state index in [1.54, 1.807) is 10.8 Å². The van der Waals surface area contributed by atoms with Crippen LogP contribution in [-0.2, 0) is 12.7 Å². The van der Waals surface area contributed by atoms with Crippen molar-refractivity contribution in [3.63, 3.8) is 0 Å². The van der Waals surface area contributed by atoms with E-state index in [-0.39, 0.29) is 12.2 Å². The lowest BCUT2D eigenvalue weighted by molar-refractivity contribution is -0.137. The number of benzene rings is 1. The quantitative estimate of drug-likeness (QED) is 0.685. The first-order valence-corrected chi connectivity index (χ1v) is 6.84. The minimum atomic E-state index is -4.41. The van der Waals surface area contributed by atoms with Crippen LogP contribution in [0.2, 0.25) is 0 Å². The van der Waals surface area contributed by atoms with E-state index in [4.69, 9.17) is 5.26 Å². The molecule has 122 valence electrons. The summed E-state index contributed by atoms with van der Waals surface area (Å²) >= 11 is 0. The molecule has 2 heterocycles.